The molecule has 0 spiro atoms. The third-order valence-electron chi connectivity index (χ3n) is 8.97. The summed E-state index contributed by atoms with van der Waals surface area (Å²) in [6, 6.07) is 3.69. The normalized spacial score (nSPS) is 20.4. The molecular weight excluding hydrogens is 602 g/mol. The largest absolute Gasteiger partial charge is 0.458 e. The fourth-order valence-corrected chi connectivity index (χ4v) is 5.98. The van der Waals surface area contributed by atoms with E-state index in [0.29, 0.717) is 18.4 Å². The van der Waals surface area contributed by atoms with Gasteiger partial charge in [0, 0.05) is 6.54 Å². The number of ketones is 1. The third-order valence-corrected chi connectivity index (χ3v) is 8.97. The van der Waals surface area contributed by atoms with Crippen molar-refractivity contribution in [3.8, 4) is 0 Å². The van der Waals surface area contributed by atoms with E-state index in [1.165, 1.54) is 4.90 Å². The molecule has 12 heteroatoms. The zero-order valence-electron chi connectivity index (χ0n) is 29.1. The van der Waals surface area contributed by atoms with Crippen molar-refractivity contribution in [2.75, 3.05) is 6.54 Å². The molecule has 2 fully saturated rings. The van der Waals surface area contributed by atoms with Gasteiger partial charge in [-0.1, -0.05) is 84.2 Å². The Labute approximate surface area is 278 Å². The molecule has 5 N–H and O–H groups in total. The fraction of sp³-hybridized carbons (Fsp3) is 0.657. The number of carbonyl (C=O) groups excluding carboxylic acids is 6. The Hall–Kier alpha value is -3.96. The van der Waals surface area contributed by atoms with Crippen LogP contribution >= 0.6 is 0 Å². The molecule has 1 saturated carbocycles. The molecule has 1 saturated heterocycles. The third kappa shape index (κ3) is 10.3. The molecule has 5 atom stereocenters. The zero-order chi connectivity index (χ0) is 35.3. The van der Waals surface area contributed by atoms with E-state index in [-0.39, 0.29) is 24.3 Å². The summed E-state index contributed by atoms with van der Waals surface area (Å²) >= 11 is 0. The van der Waals surface area contributed by atoms with Gasteiger partial charge in [0.15, 0.2) is 6.04 Å². The SMILES string of the molecule is CC(C)[C@@H]1C[C@@H](C(=O)NC(CC2CCC2)C(=O)C(N)=O)N(C(=O)[C@@H](NC(=O)N[C@@H](C(=O)OC(C)(C)C)c2ccccc2)C(C)(C)C)C1. The molecule has 1 aromatic carbocycles. The average Bonchev–Trinajstić information content (AvgIpc) is 3.40. The number of hydrogen-bond donors (Lipinski definition) is 4. The van der Waals surface area contributed by atoms with Crippen LogP contribution in [-0.4, -0.2) is 70.7 Å². The highest BCUT2D eigenvalue weighted by Crippen LogP contribution is 2.34. The number of rotatable bonds is 12. The van der Waals surface area contributed by atoms with Crippen LogP contribution in [0.25, 0.3) is 0 Å². The minimum Gasteiger partial charge on any atom is -0.458 e. The first-order chi connectivity index (χ1) is 21.8. The molecule has 260 valence electrons. The maximum atomic E-state index is 14.3. The van der Waals surface area contributed by atoms with Crippen LogP contribution in [0.1, 0.15) is 99.1 Å². The summed E-state index contributed by atoms with van der Waals surface area (Å²) in [5.41, 5.74) is 4.22. The van der Waals surface area contributed by atoms with E-state index >= 15 is 0 Å². The molecule has 1 unspecified atom stereocenters. The van der Waals surface area contributed by atoms with E-state index in [0.717, 1.165) is 19.3 Å². The van der Waals surface area contributed by atoms with Gasteiger partial charge in [0.1, 0.15) is 17.7 Å². The van der Waals surface area contributed by atoms with E-state index < -0.39 is 70.7 Å². The second-order valence-electron chi connectivity index (χ2n) is 15.4. The standard InChI is InChI=1S/C35H53N5O7/c1-20(2)23-18-25(30(43)37-24(27(41)29(36)42)17-21-13-12-14-21)40(19-23)31(44)28(34(3,4)5)39-33(46)38-26(22-15-10-9-11-16-22)32(45)47-35(6,7)8/h9-11,15-16,20-21,23-26,28H,12-14,17-19H2,1-8H3,(H2,36,42)(H,37,43)(H2,38,39,46)/t23-,24?,25+,26-,28-/m1/s1. The van der Waals surface area contributed by atoms with Gasteiger partial charge in [-0.3, -0.25) is 19.2 Å². The maximum absolute atomic E-state index is 14.3. The van der Waals surface area contributed by atoms with Crippen molar-refractivity contribution in [3.05, 3.63) is 35.9 Å². The van der Waals surface area contributed by atoms with E-state index in [4.69, 9.17) is 10.5 Å². The van der Waals surface area contributed by atoms with Gasteiger partial charge in [0.25, 0.3) is 5.91 Å². The number of urea groups is 1. The first kappa shape index (κ1) is 37.5. The number of likely N-dealkylation sites (tertiary alicyclic amines) is 1. The summed E-state index contributed by atoms with van der Waals surface area (Å²) in [6.07, 6.45) is 3.50. The van der Waals surface area contributed by atoms with Crippen molar-refractivity contribution in [2.45, 2.75) is 117 Å². The van der Waals surface area contributed by atoms with Gasteiger partial charge < -0.3 is 31.3 Å². The van der Waals surface area contributed by atoms with Crippen molar-refractivity contribution >= 4 is 35.5 Å². The van der Waals surface area contributed by atoms with Gasteiger partial charge in [-0.2, -0.15) is 0 Å². The Kier molecular flexibility index (Phi) is 12.2. The lowest BCUT2D eigenvalue weighted by Crippen LogP contribution is -2.60. The summed E-state index contributed by atoms with van der Waals surface area (Å²) < 4.78 is 5.57. The molecule has 0 aromatic heterocycles. The van der Waals surface area contributed by atoms with Gasteiger partial charge in [0.05, 0.1) is 6.04 Å². The Morgan fingerprint density at radius 1 is 0.936 bits per heavy atom. The number of esters is 1. The summed E-state index contributed by atoms with van der Waals surface area (Å²) in [7, 11) is 0. The maximum Gasteiger partial charge on any atom is 0.333 e. The van der Waals surface area contributed by atoms with Gasteiger partial charge in [-0.05, 0) is 62.3 Å². The Balaban J connectivity index is 1.85. The lowest BCUT2D eigenvalue weighted by molar-refractivity contribution is -0.157. The highest BCUT2D eigenvalue weighted by atomic mass is 16.6. The van der Waals surface area contributed by atoms with Gasteiger partial charge in [-0.25, -0.2) is 9.59 Å². The van der Waals surface area contributed by atoms with Crippen LogP contribution in [0, 0.1) is 23.2 Å². The minimum absolute atomic E-state index is 0.0179. The molecule has 1 heterocycles. The fourth-order valence-electron chi connectivity index (χ4n) is 5.98. The number of nitrogens with one attached hydrogen (secondary N) is 3. The second-order valence-corrected chi connectivity index (χ2v) is 15.4. The van der Waals surface area contributed by atoms with Crippen molar-refractivity contribution in [3.63, 3.8) is 0 Å². The summed E-state index contributed by atoms with van der Waals surface area (Å²) in [6.45, 7) is 14.9. The first-order valence-electron chi connectivity index (χ1n) is 16.6. The summed E-state index contributed by atoms with van der Waals surface area (Å²) in [5.74, 6) is -3.30. The average molecular weight is 656 g/mol. The molecule has 0 radical (unpaired) electrons. The number of nitrogens with zero attached hydrogens (tertiary/aromatic N) is 1. The molecule has 2 aliphatic rings. The summed E-state index contributed by atoms with van der Waals surface area (Å²) in [5, 5.41) is 8.20. The predicted molar refractivity (Wildman–Crippen MR) is 176 cm³/mol. The molecule has 3 rings (SSSR count). The Morgan fingerprint density at radius 3 is 2.04 bits per heavy atom. The van der Waals surface area contributed by atoms with Crippen molar-refractivity contribution in [1.82, 2.24) is 20.9 Å². The lowest BCUT2D eigenvalue weighted by atomic mass is 9.80. The number of ether oxygens (including phenoxy) is 1. The molecule has 0 bridgehead atoms. The summed E-state index contributed by atoms with van der Waals surface area (Å²) in [4.78, 5) is 80.7. The van der Waals surface area contributed by atoms with Gasteiger partial charge in [0.2, 0.25) is 17.6 Å². The van der Waals surface area contributed by atoms with Crippen LogP contribution in [0.15, 0.2) is 30.3 Å². The number of hydrogen-bond acceptors (Lipinski definition) is 7. The van der Waals surface area contributed by atoms with Crippen molar-refractivity contribution in [1.29, 1.82) is 0 Å². The van der Waals surface area contributed by atoms with Crippen LogP contribution in [0.3, 0.4) is 0 Å². The van der Waals surface area contributed by atoms with Crippen molar-refractivity contribution < 1.29 is 33.5 Å². The lowest BCUT2D eigenvalue weighted by Gasteiger charge is -2.36. The zero-order valence-corrected chi connectivity index (χ0v) is 29.1. The number of primary amides is 1. The van der Waals surface area contributed by atoms with Crippen molar-refractivity contribution in [2.24, 2.45) is 28.9 Å². The van der Waals surface area contributed by atoms with E-state index in [9.17, 15) is 28.8 Å². The highest BCUT2D eigenvalue weighted by Gasteiger charge is 2.46. The van der Waals surface area contributed by atoms with E-state index in [1.807, 2.05) is 13.8 Å². The number of amides is 5. The number of Topliss-reactive ketones (excluding diaryl/α,β-unsaturated/α-hetero) is 1. The first-order valence-corrected chi connectivity index (χ1v) is 16.6. The van der Waals surface area contributed by atoms with Crippen LogP contribution in [0.4, 0.5) is 4.79 Å². The monoisotopic (exact) mass is 655 g/mol. The van der Waals surface area contributed by atoms with Crippen LogP contribution in [0.5, 0.6) is 0 Å². The van der Waals surface area contributed by atoms with Gasteiger partial charge in [-0.15, -0.1) is 0 Å². The quantitative estimate of drug-likeness (QED) is 0.197. The van der Waals surface area contributed by atoms with Crippen LogP contribution in [-0.2, 0) is 28.7 Å². The van der Waals surface area contributed by atoms with E-state index in [2.05, 4.69) is 16.0 Å². The minimum atomic E-state index is -1.14. The van der Waals surface area contributed by atoms with Crippen LogP contribution < -0.4 is 21.7 Å². The van der Waals surface area contributed by atoms with Gasteiger partial charge >= 0.3 is 12.0 Å². The molecule has 12 nitrogen and oxygen atoms in total. The molecule has 1 aliphatic heterocycles. The highest BCUT2D eigenvalue weighted by molar-refractivity contribution is 6.37. The Bertz CT molecular complexity index is 1310. The molecule has 5 amide bonds. The molecule has 1 aliphatic carbocycles. The second kappa shape index (κ2) is 15.3. The smallest absolute Gasteiger partial charge is 0.333 e. The van der Waals surface area contributed by atoms with E-state index in [1.54, 1.807) is 71.9 Å². The Morgan fingerprint density at radius 2 is 1.55 bits per heavy atom. The number of benzene rings is 1. The number of carbonyl (C=O) groups is 6. The molecular formula is C35H53N5O7. The topological polar surface area (TPSA) is 177 Å². The molecule has 47 heavy (non-hydrogen) atoms. The predicted octanol–water partition coefficient (Wildman–Crippen LogP) is 3.39. The van der Waals surface area contributed by atoms with Crippen LogP contribution in [0.2, 0.25) is 0 Å². The number of nitrogens with two attached hydrogens (primary N) is 1. The molecule has 1 aromatic rings.